The second kappa shape index (κ2) is 7.28. The molecule has 7 heteroatoms. The third kappa shape index (κ3) is 3.18. The van der Waals surface area contributed by atoms with Crippen LogP contribution in [0, 0.1) is 17.8 Å². The Morgan fingerprint density at radius 3 is 2.67 bits per heavy atom. The number of alkyl halides is 2. The lowest BCUT2D eigenvalue weighted by Gasteiger charge is -2.47. The zero-order valence-electron chi connectivity index (χ0n) is 14.7. The number of fused-ring (bicyclic) bond motifs is 3. The summed E-state index contributed by atoms with van der Waals surface area (Å²) in [5.74, 6) is 1.09. The summed E-state index contributed by atoms with van der Waals surface area (Å²) in [6.07, 6.45) is 1.83. The van der Waals surface area contributed by atoms with E-state index in [1.54, 1.807) is 0 Å². The van der Waals surface area contributed by atoms with Crippen molar-refractivity contribution < 1.29 is 9.90 Å². The van der Waals surface area contributed by atoms with E-state index in [0.717, 1.165) is 19.4 Å². The highest BCUT2D eigenvalue weighted by molar-refractivity contribution is 6.30. The summed E-state index contributed by atoms with van der Waals surface area (Å²) in [7, 11) is 4.19. The van der Waals surface area contributed by atoms with Crippen molar-refractivity contribution in [3.8, 4) is 0 Å². The van der Waals surface area contributed by atoms with Crippen molar-refractivity contribution >= 4 is 29.1 Å². The van der Waals surface area contributed by atoms with Crippen LogP contribution in [0.4, 0.5) is 0 Å². The molecule has 0 aromatic rings. The van der Waals surface area contributed by atoms with Crippen LogP contribution in [0.15, 0.2) is 0 Å². The number of nitrogens with one attached hydrogen (secondary N) is 1. The molecule has 24 heavy (non-hydrogen) atoms. The number of likely N-dealkylation sites (tertiary alicyclic amines) is 1. The van der Waals surface area contributed by atoms with Gasteiger partial charge in [0.25, 0.3) is 0 Å². The number of piperidine rings is 1. The molecular weight excluding hydrogens is 349 g/mol. The van der Waals surface area contributed by atoms with E-state index in [-0.39, 0.29) is 28.7 Å². The average Bonchev–Trinajstić information content (AvgIpc) is 2.92. The Balaban J connectivity index is 1.87. The molecule has 8 atom stereocenters. The van der Waals surface area contributed by atoms with Crippen molar-refractivity contribution in [2.45, 2.75) is 48.6 Å². The van der Waals surface area contributed by atoms with Gasteiger partial charge in [-0.1, -0.05) is 0 Å². The summed E-state index contributed by atoms with van der Waals surface area (Å²) >= 11 is 13.2. The molecule has 0 aromatic heterocycles. The van der Waals surface area contributed by atoms with Gasteiger partial charge in [0.1, 0.15) is 6.61 Å². The second-order valence-corrected chi connectivity index (χ2v) is 9.01. The summed E-state index contributed by atoms with van der Waals surface area (Å²) in [5, 5.41) is 12.9. The van der Waals surface area contributed by atoms with E-state index in [0.29, 0.717) is 30.3 Å². The van der Waals surface area contributed by atoms with Gasteiger partial charge in [-0.15, -0.1) is 23.2 Å². The molecule has 0 spiro atoms. The van der Waals surface area contributed by atoms with Gasteiger partial charge in [-0.25, -0.2) is 0 Å². The van der Waals surface area contributed by atoms with Crippen molar-refractivity contribution in [1.29, 1.82) is 0 Å². The minimum absolute atomic E-state index is 0.0176. The van der Waals surface area contributed by atoms with E-state index >= 15 is 0 Å². The largest absolute Gasteiger partial charge is 0.387 e. The number of hydrogen-bond acceptors (Lipinski definition) is 4. The Morgan fingerprint density at radius 1 is 1.33 bits per heavy atom. The average molecular weight is 378 g/mol. The molecular formula is C17H29Cl2N3O2. The molecule has 7 unspecified atom stereocenters. The number of carbonyl (C=O) groups is 1. The fourth-order valence-electron chi connectivity index (χ4n) is 5.42. The molecule has 2 N–H and O–H groups in total. The highest BCUT2D eigenvalue weighted by Gasteiger charge is 2.57. The van der Waals surface area contributed by atoms with E-state index in [1.807, 2.05) is 4.90 Å². The van der Waals surface area contributed by atoms with Crippen LogP contribution in [0.1, 0.15) is 19.8 Å². The number of nitrogens with zero attached hydrogens (tertiary/aromatic N) is 2. The first kappa shape index (κ1) is 18.7. The van der Waals surface area contributed by atoms with Crippen LogP contribution < -0.4 is 5.32 Å². The van der Waals surface area contributed by atoms with E-state index < -0.39 is 6.61 Å². The number of aliphatic hydroxyl groups excluding tert-OH is 1. The number of halogens is 2. The van der Waals surface area contributed by atoms with Crippen LogP contribution in [0.25, 0.3) is 0 Å². The number of hydrogen-bond donors (Lipinski definition) is 2. The van der Waals surface area contributed by atoms with Gasteiger partial charge < -0.3 is 20.2 Å². The van der Waals surface area contributed by atoms with Gasteiger partial charge in [-0.2, -0.15) is 0 Å². The Hall–Kier alpha value is -0.0700. The molecule has 3 aliphatic rings. The van der Waals surface area contributed by atoms with Crippen LogP contribution in [0.2, 0.25) is 0 Å². The highest BCUT2D eigenvalue weighted by atomic mass is 35.5. The normalized spacial score (nSPS) is 45.2. The van der Waals surface area contributed by atoms with E-state index in [2.05, 4.69) is 31.2 Å². The molecule has 0 radical (unpaired) electrons. The van der Waals surface area contributed by atoms with Crippen molar-refractivity contribution in [3.05, 3.63) is 0 Å². The van der Waals surface area contributed by atoms with Crippen molar-refractivity contribution in [1.82, 2.24) is 15.1 Å². The maximum Gasteiger partial charge on any atom is 0.248 e. The summed E-state index contributed by atoms with van der Waals surface area (Å²) in [5.41, 5.74) is 0. The van der Waals surface area contributed by atoms with Gasteiger partial charge in [-0.05, 0) is 51.6 Å². The quantitative estimate of drug-likeness (QED) is 0.719. The Morgan fingerprint density at radius 2 is 2.04 bits per heavy atom. The Labute approximate surface area is 154 Å². The first-order chi connectivity index (χ1) is 11.3. The van der Waals surface area contributed by atoms with Gasteiger partial charge in [0.05, 0.1) is 10.8 Å². The highest BCUT2D eigenvalue weighted by Crippen LogP contribution is 2.48. The molecule has 0 bridgehead atoms. The maximum absolute atomic E-state index is 12.1. The zero-order valence-corrected chi connectivity index (χ0v) is 16.2. The van der Waals surface area contributed by atoms with Crippen LogP contribution in [-0.4, -0.2) is 83.5 Å². The summed E-state index contributed by atoms with van der Waals surface area (Å²) < 4.78 is 0. The molecule has 1 aliphatic carbocycles. The molecule has 1 saturated carbocycles. The summed E-state index contributed by atoms with van der Waals surface area (Å²) in [6, 6.07) is 0.700. The van der Waals surface area contributed by atoms with E-state index in [1.165, 1.54) is 0 Å². The zero-order chi connectivity index (χ0) is 17.6. The van der Waals surface area contributed by atoms with Crippen LogP contribution in [0.3, 0.4) is 0 Å². The number of rotatable bonds is 3. The SMILES string of the molecule is C[C@H]1C2C(CCN1C(=O)CO)NC1C(Cl)C(Cl)CC(CN(C)C)C12. The molecule has 2 heterocycles. The number of amides is 1. The fraction of sp³-hybridized carbons (Fsp3) is 0.941. The smallest absolute Gasteiger partial charge is 0.248 e. The molecule has 2 saturated heterocycles. The summed E-state index contributed by atoms with van der Waals surface area (Å²) in [4.78, 5) is 16.2. The molecule has 1 amide bonds. The molecule has 3 rings (SSSR count). The van der Waals surface area contributed by atoms with Gasteiger partial charge in [0.15, 0.2) is 0 Å². The molecule has 2 aliphatic heterocycles. The van der Waals surface area contributed by atoms with Crippen molar-refractivity contribution in [2.75, 3.05) is 33.8 Å². The predicted molar refractivity (Wildman–Crippen MR) is 96.5 cm³/mol. The monoisotopic (exact) mass is 377 g/mol. The van der Waals surface area contributed by atoms with Crippen LogP contribution in [0.5, 0.6) is 0 Å². The maximum atomic E-state index is 12.1. The molecule has 5 nitrogen and oxygen atoms in total. The van der Waals surface area contributed by atoms with Gasteiger partial charge in [-0.3, -0.25) is 4.79 Å². The topological polar surface area (TPSA) is 55.8 Å². The minimum Gasteiger partial charge on any atom is -0.387 e. The summed E-state index contributed by atoms with van der Waals surface area (Å²) in [6.45, 7) is 3.40. The molecule has 0 aromatic carbocycles. The fourth-order valence-corrected chi connectivity index (χ4v) is 6.15. The third-order valence-electron chi connectivity index (χ3n) is 6.28. The molecule has 3 fully saturated rings. The van der Waals surface area contributed by atoms with E-state index in [9.17, 15) is 9.90 Å². The lowest BCUT2D eigenvalue weighted by atomic mass is 9.67. The standard InChI is InChI=1S/C17H29Cl2N3O2/c1-9-14-12(4-5-22(9)13(24)8-23)20-17-15(14)10(7-21(2)3)6-11(18)16(17)19/h9-12,14-17,20,23H,4-8H2,1-3H3/t9-,10?,11?,12?,14?,15?,16?,17?/m0/s1. The Bertz CT molecular complexity index is 479. The molecule has 138 valence electrons. The number of carbonyl (C=O) groups excluding carboxylic acids is 1. The second-order valence-electron chi connectivity index (χ2n) is 7.95. The van der Waals surface area contributed by atoms with Crippen LogP contribution in [-0.2, 0) is 4.79 Å². The third-order valence-corrected chi connectivity index (χ3v) is 7.43. The predicted octanol–water partition coefficient (Wildman–Crippen LogP) is 0.969. The van der Waals surface area contributed by atoms with Crippen molar-refractivity contribution in [2.24, 2.45) is 17.8 Å². The first-order valence-corrected chi connectivity index (χ1v) is 9.81. The lowest BCUT2D eigenvalue weighted by molar-refractivity contribution is -0.140. The first-order valence-electron chi connectivity index (χ1n) is 8.94. The van der Waals surface area contributed by atoms with Crippen molar-refractivity contribution in [3.63, 3.8) is 0 Å². The van der Waals surface area contributed by atoms with Gasteiger partial charge >= 0.3 is 0 Å². The lowest BCUT2D eigenvalue weighted by Crippen LogP contribution is -2.56. The van der Waals surface area contributed by atoms with Gasteiger partial charge in [0.2, 0.25) is 5.91 Å². The number of aliphatic hydroxyl groups is 1. The van der Waals surface area contributed by atoms with Crippen LogP contribution >= 0.6 is 23.2 Å². The van der Waals surface area contributed by atoms with E-state index in [4.69, 9.17) is 23.2 Å². The van der Waals surface area contributed by atoms with Gasteiger partial charge in [0, 0.05) is 31.2 Å². The minimum atomic E-state index is -0.410. The Kier molecular flexibility index (Phi) is 5.67.